The van der Waals surface area contributed by atoms with Crippen LogP contribution in [-0.2, 0) is 0 Å². The van der Waals surface area contributed by atoms with Gasteiger partial charge in [0, 0.05) is 11.8 Å². The molecule has 6 heteroatoms. The van der Waals surface area contributed by atoms with Gasteiger partial charge in [-0.3, -0.25) is 0 Å². The van der Waals surface area contributed by atoms with Crippen molar-refractivity contribution in [3.63, 3.8) is 0 Å². The molecule has 0 aliphatic rings. The molecule has 0 aliphatic heterocycles. The molecular formula is C13H9FN4O. The molecule has 0 amide bonds. The van der Waals surface area contributed by atoms with Crippen molar-refractivity contribution >= 4 is 0 Å². The zero-order valence-corrected chi connectivity index (χ0v) is 9.73. The molecule has 5 nitrogen and oxygen atoms in total. The Morgan fingerprint density at radius 2 is 2.00 bits per heavy atom. The first-order chi connectivity index (χ1) is 9.25. The van der Waals surface area contributed by atoms with Crippen molar-refractivity contribution in [2.45, 2.75) is 0 Å². The van der Waals surface area contributed by atoms with E-state index in [-0.39, 0.29) is 11.6 Å². The van der Waals surface area contributed by atoms with E-state index in [0.717, 1.165) is 0 Å². The Morgan fingerprint density at radius 1 is 1.16 bits per heavy atom. The second kappa shape index (κ2) is 4.49. The molecular weight excluding hydrogens is 247 g/mol. The molecule has 3 rings (SSSR count). The molecule has 1 aromatic carbocycles. The van der Waals surface area contributed by atoms with Gasteiger partial charge in [0.2, 0.25) is 0 Å². The van der Waals surface area contributed by atoms with Crippen molar-refractivity contribution in [1.29, 1.82) is 0 Å². The van der Waals surface area contributed by atoms with Gasteiger partial charge in [-0.05, 0) is 12.1 Å². The zero-order valence-electron chi connectivity index (χ0n) is 9.73. The van der Waals surface area contributed by atoms with E-state index in [1.54, 1.807) is 24.4 Å². The topological polar surface area (TPSA) is 63.8 Å². The van der Waals surface area contributed by atoms with Crippen LogP contribution in [0.5, 0.6) is 5.75 Å². The number of aromatic hydroxyl groups is 1. The number of hydrogen-bond donors (Lipinski definition) is 1. The van der Waals surface area contributed by atoms with Crippen LogP contribution in [0.2, 0.25) is 0 Å². The molecule has 0 radical (unpaired) electrons. The maximum atomic E-state index is 13.6. The lowest BCUT2D eigenvalue weighted by Gasteiger charge is -2.02. The molecule has 0 spiro atoms. The standard InChI is InChI=1S/C13H9FN4O/c14-10-3-1-2-4-11(10)18-7-9(5-17-18)13-12(19)6-15-8-16-13/h1-8,19H. The van der Waals surface area contributed by atoms with Crippen LogP contribution in [0.25, 0.3) is 16.9 Å². The Labute approximate surface area is 108 Å². The fourth-order valence-electron chi connectivity index (χ4n) is 1.76. The normalized spacial score (nSPS) is 10.6. The average molecular weight is 256 g/mol. The highest BCUT2D eigenvalue weighted by atomic mass is 19.1. The molecule has 0 bridgehead atoms. The minimum Gasteiger partial charge on any atom is -0.504 e. The summed E-state index contributed by atoms with van der Waals surface area (Å²) in [6.45, 7) is 0. The maximum absolute atomic E-state index is 13.6. The van der Waals surface area contributed by atoms with Gasteiger partial charge in [0.25, 0.3) is 0 Å². The monoisotopic (exact) mass is 256 g/mol. The van der Waals surface area contributed by atoms with E-state index >= 15 is 0 Å². The Hall–Kier alpha value is -2.76. The van der Waals surface area contributed by atoms with Gasteiger partial charge >= 0.3 is 0 Å². The smallest absolute Gasteiger partial charge is 0.160 e. The molecule has 94 valence electrons. The molecule has 0 unspecified atom stereocenters. The Morgan fingerprint density at radius 3 is 2.79 bits per heavy atom. The van der Waals surface area contributed by atoms with Gasteiger partial charge in [-0.2, -0.15) is 5.10 Å². The first-order valence-corrected chi connectivity index (χ1v) is 5.54. The summed E-state index contributed by atoms with van der Waals surface area (Å²) in [5.74, 6) is -0.417. The SMILES string of the molecule is Oc1cncnc1-c1cnn(-c2ccccc2F)c1. The van der Waals surface area contributed by atoms with Gasteiger partial charge in [-0.15, -0.1) is 0 Å². The second-order valence-corrected chi connectivity index (χ2v) is 3.88. The zero-order chi connectivity index (χ0) is 13.2. The molecule has 0 fully saturated rings. The summed E-state index contributed by atoms with van der Waals surface area (Å²) in [6, 6.07) is 6.31. The second-order valence-electron chi connectivity index (χ2n) is 3.88. The van der Waals surface area contributed by atoms with Crippen molar-refractivity contribution in [3.8, 4) is 22.7 Å². The third-order valence-corrected chi connectivity index (χ3v) is 2.65. The number of nitrogens with zero attached hydrogens (tertiary/aromatic N) is 4. The summed E-state index contributed by atoms with van der Waals surface area (Å²) in [5.41, 5.74) is 1.28. The fourth-order valence-corrected chi connectivity index (χ4v) is 1.76. The average Bonchev–Trinajstić information content (AvgIpc) is 2.89. The van der Waals surface area contributed by atoms with Gasteiger partial charge in [-0.1, -0.05) is 12.1 Å². The summed E-state index contributed by atoms with van der Waals surface area (Å²) in [4.78, 5) is 7.67. The van der Waals surface area contributed by atoms with Crippen LogP contribution in [-0.4, -0.2) is 24.9 Å². The summed E-state index contributed by atoms with van der Waals surface area (Å²) in [5, 5.41) is 13.7. The quantitative estimate of drug-likeness (QED) is 0.763. The van der Waals surface area contributed by atoms with E-state index in [1.165, 1.54) is 29.5 Å². The molecule has 19 heavy (non-hydrogen) atoms. The molecule has 0 saturated carbocycles. The first-order valence-electron chi connectivity index (χ1n) is 5.54. The summed E-state index contributed by atoms with van der Waals surface area (Å²) in [6.07, 6.45) is 5.73. The van der Waals surface area contributed by atoms with E-state index in [4.69, 9.17) is 0 Å². The van der Waals surface area contributed by atoms with Gasteiger partial charge in [0.15, 0.2) is 5.75 Å². The van der Waals surface area contributed by atoms with Crippen molar-refractivity contribution in [2.75, 3.05) is 0 Å². The third-order valence-electron chi connectivity index (χ3n) is 2.65. The summed E-state index contributed by atoms with van der Waals surface area (Å²) < 4.78 is 15.0. The predicted molar refractivity (Wildman–Crippen MR) is 66.2 cm³/mol. The highest BCUT2D eigenvalue weighted by molar-refractivity contribution is 5.63. The molecule has 2 aromatic heterocycles. The van der Waals surface area contributed by atoms with Crippen LogP contribution in [0.3, 0.4) is 0 Å². The van der Waals surface area contributed by atoms with E-state index in [9.17, 15) is 9.50 Å². The minimum absolute atomic E-state index is 0.0458. The van der Waals surface area contributed by atoms with E-state index in [0.29, 0.717) is 16.9 Å². The molecule has 2 heterocycles. The Bertz CT molecular complexity index is 666. The third kappa shape index (κ3) is 2.03. The van der Waals surface area contributed by atoms with Gasteiger partial charge in [0.1, 0.15) is 23.5 Å². The van der Waals surface area contributed by atoms with E-state index in [2.05, 4.69) is 15.1 Å². The molecule has 1 N–H and O–H groups in total. The molecule has 3 aromatic rings. The summed E-state index contributed by atoms with van der Waals surface area (Å²) >= 11 is 0. The van der Waals surface area contributed by atoms with Crippen LogP contribution in [0.1, 0.15) is 0 Å². The van der Waals surface area contributed by atoms with Crippen molar-refractivity contribution in [1.82, 2.24) is 19.7 Å². The van der Waals surface area contributed by atoms with Gasteiger partial charge in [-0.25, -0.2) is 19.0 Å². The number of aromatic nitrogens is 4. The number of rotatable bonds is 2. The Kier molecular flexibility index (Phi) is 2.68. The van der Waals surface area contributed by atoms with Gasteiger partial charge < -0.3 is 5.11 Å². The van der Waals surface area contributed by atoms with Crippen molar-refractivity contribution in [2.24, 2.45) is 0 Å². The van der Waals surface area contributed by atoms with Crippen LogP contribution >= 0.6 is 0 Å². The van der Waals surface area contributed by atoms with Crippen LogP contribution in [0, 0.1) is 5.82 Å². The van der Waals surface area contributed by atoms with Crippen LogP contribution in [0.15, 0.2) is 49.2 Å². The number of halogens is 1. The molecule has 0 aliphatic carbocycles. The highest BCUT2D eigenvalue weighted by Gasteiger charge is 2.10. The summed E-state index contributed by atoms with van der Waals surface area (Å²) in [7, 11) is 0. The van der Waals surface area contributed by atoms with Crippen LogP contribution in [0.4, 0.5) is 4.39 Å². The van der Waals surface area contributed by atoms with Crippen LogP contribution < -0.4 is 0 Å². The van der Waals surface area contributed by atoms with Crippen molar-refractivity contribution < 1.29 is 9.50 Å². The molecule has 0 saturated heterocycles. The maximum Gasteiger partial charge on any atom is 0.160 e. The fraction of sp³-hybridized carbons (Fsp3) is 0. The Balaban J connectivity index is 2.06. The number of para-hydroxylation sites is 1. The largest absolute Gasteiger partial charge is 0.504 e. The minimum atomic E-state index is -0.371. The predicted octanol–water partition coefficient (Wildman–Crippen LogP) is 2.17. The lowest BCUT2D eigenvalue weighted by atomic mass is 10.2. The van der Waals surface area contributed by atoms with E-state index in [1.807, 2.05) is 0 Å². The lowest BCUT2D eigenvalue weighted by molar-refractivity contribution is 0.472. The first kappa shape index (κ1) is 11.3. The number of hydrogen-bond acceptors (Lipinski definition) is 4. The van der Waals surface area contributed by atoms with E-state index < -0.39 is 0 Å². The lowest BCUT2D eigenvalue weighted by Crippen LogP contribution is -1.97. The molecule has 0 atom stereocenters. The highest BCUT2D eigenvalue weighted by Crippen LogP contribution is 2.25. The van der Waals surface area contributed by atoms with Gasteiger partial charge in [0.05, 0.1) is 12.4 Å². The van der Waals surface area contributed by atoms with Crippen molar-refractivity contribution in [3.05, 3.63) is 55.0 Å². The number of benzene rings is 1.